The molecule has 0 radical (unpaired) electrons. The highest BCUT2D eigenvalue weighted by Gasteiger charge is 2.07. The molecule has 0 aliphatic heterocycles. The molecule has 0 saturated heterocycles. The minimum Gasteiger partial charge on any atom is -0.324 e. The van der Waals surface area contributed by atoms with Crippen LogP contribution in [0.2, 0.25) is 0 Å². The standard InChI is InChI=1S/C13H9N5O2S/c19-18(20)10-3-1-9(2-4-10)16-13-15-6-5-11(17-13)12-14-7-8-21-12/h1-8H,(H,15,16,17). The smallest absolute Gasteiger partial charge is 0.269 e. The third-order valence-corrected chi connectivity index (χ3v) is 3.44. The first kappa shape index (κ1) is 13.1. The fraction of sp³-hybridized carbons (Fsp3) is 0. The Balaban J connectivity index is 1.81. The number of nitrogens with zero attached hydrogens (tertiary/aromatic N) is 4. The van der Waals surface area contributed by atoms with Crippen molar-refractivity contribution in [2.24, 2.45) is 0 Å². The van der Waals surface area contributed by atoms with Crippen molar-refractivity contribution < 1.29 is 4.92 Å². The molecule has 8 heteroatoms. The van der Waals surface area contributed by atoms with Crippen LogP contribution in [0.3, 0.4) is 0 Å². The van der Waals surface area contributed by atoms with E-state index in [4.69, 9.17) is 0 Å². The first-order chi connectivity index (χ1) is 10.2. The van der Waals surface area contributed by atoms with Crippen molar-refractivity contribution in [1.29, 1.82) is 0 Å². The van der Waals surface area contributed by atoms with E-state index in [0.717, 1.165) is 10.7 Å². The summed E-state index contributed by atoms with van der Waals surface area (Å²) in [7, 11) is 0. The summed E-state index contributed by atoms with van der Waals surface area (Å²) >= 11 is 1.49. The molecule has 1 N–H and O–H groups in total. The van der Waals surface area contributed by atoms with Gasteiger partial charge in [0.15, 0.2) is 0 Å². The Kier molecular flexibility index (Phi) is 3.52. The molecule has 0 fully saturated rings. The largest absolute Gasteiger partial charge is 0.324 e. The van der Waals surface area contributed by atoms with Crippen LogP contribution in [0.4, 0.5) is 17.3 Å². The summed E-state index contributed by atoms with van der Waals surface area (Å²) in [5, 5.41) is 16.3. The van der Waals surface area contributed by atoms with E-state index >= 15 is 0 Å². The zero-order chi connectivity index (χ0) is 14.7. The summed E-state index contributed by atoms with van der Waals surface area (Å²) in [5.74, 6) is 0.413. The molecule has 2 heterocycles. The molecule has 21 heavy (non-hydrogen) atoms. The Hall–Kier alpha value is -2.87. The third kappa shape index (κ3) is 3.00. The first-order valence-corrected chi connectivity index (χ1v) is 6.85. The molecule has 3 rings (SSSR count). The Bertz CT molecular complexity index is 758. The van der Waals surface area contributed by atoms with E-state index in [-0.39, 0.29) is 5.69 Å². The predicted octanol–water partition coefficient (Wildman–Crippen LogP) is 3.25. The maximum atomic E-state index is 10.6. The summed E-state index contributed by atoms with van der Waals surface area (Å²) in [6.07, 6.45) is 3.35. The molecule has 0 aliphatic carbocycles. The molecular weight excluding hydrogens is 290 g/mol. The molecule has 0 spiro atoms. The van der Waals surface area contributed by atoms with Crippen LogP contribution < -0.4 is 5.32 Å². The molecule has 104 valence electrons. The number of benzene rings is 1. The first-order valence-electron chi connectivity index (χ1n) is 5.97. The minimum atomic E-state index is -0.441. The van der Waals surface area contributed by atoms with Crippen LogP contribution in [-0.2, 0) is 0 Å². The number of nitro groups is 1. The number of nitrogens with one attached hydrogen (secondary N) is 1. The fourth-order valence-corrected chi connectivity index (χ4v) is 2.29. The van der Waals surface area contributed by atoms with Gasteiger partial charge >= 0.3 is 0 Å². The van der Waals surface area contributed by atoms with E-state index in [1.807, 2.05) is 5.38 Å². The Morgan fingerprint density at radius 3 is 2.57 bits per heavy atom. The molecule has 7 nitrogen and oxygen atoms in total. The number of aromatic nitrogens is 3. The van der Waals surface area contributed by atoms with Gasteiger partial charge in [-0.25, -0.2) is 15.0 Å². The number of rotatable bonds is 4. The van der Waals surface area contributed by atoms with Gasteiger partial charge in [0.05, 0.1) is 4.92 Å². The number of hydrogen-bond donors (Lipinski definition) is 1. The predicted molar refractivity (Wildman–Crippen MR) is 79.5 cm³/mol. The number of non-ortho nitro benzene ring substituents is 1. The molecular formula is C13H9N5O2S. The van der Waals surface area contributed by atoms with Crippen molar-refractivity contribution in [3.63, 3.8) is 0 Å². The minimum absolute atomic E-state index is 0.0398. The van der Waals surface area contributed by atoms with Crippen molar-refractivity contribution >= 4 is 28.7 Å². The van der Waals surface area contributed by atoms with Gasteiger partial charge in [-0.15, -0.1) is 11.3 Å². The van der Waals surface area contributed by atoms with Gasteiger partial charge in [-0.1, -0.05) is 0 Å². The van der Waals surface area contributed by atoms with Gasteiger partial charge < -0.3 is 5.32 Å². The zero-order valence-corrected chi connectivity index (χ0v) is 11.4. The van der Waals surface area contributed by atoms with E-state index in [0.29, 0.717) is 11.6 Å². The van der Waals surface area contributed by atoms with Crippen LogP contribution in [0.15, 0.2) is 48.1 Å². The second kappa shape index (κ2) is 5.63. The zero-order valence-electron chi connectivity index (χ0n) is 10.6. The Labute approximate surface area is 123 Å². The highest BCUT2D eigenvalue weighted by molar-refractivity contribution is 7.13. The lowest BCUT2D eigenvalue weighted by Gasteiger charge is -2.05. The Morgan fingerprint density at radius 2 is 1.90 bits per heavy atom. The van der Waals surface area contributed by atoms with E-state index in [1.54, 1.807) is 30.6 Å². The molecule has 3 aromatic rings. The van der Waals surface area contributed by atoms with Gasteiger partial charge in [0.2, 0.25) is 5.95 Å². The second-order valence-corrected chi connectivity index (χ2v) is 4.93. The molecule has 0 atom stereocenters. The number of hydrogen-bond acceptors (Lipinski definition) is 7. The van der Waals surface area contributed by atoms with E-state index in [2.05, 4.69) is 20.3 Å². The van der Waals surface area contributed by atoms with Crippen LogP contribution in [0.5, 0.6) is 0 Å². The maximum absolute atomic E-state index is 10.6. The summed E-state index contributed by atoms with van der Waals surface area (Å²) in [4.78, 5) is 22.8. The summed E-state index contributed by atoms with van der Waals surface area (Å²) in [5.41, 5.74) is 1.44. The quantitative estimate of drug-likeness (QED) is 0.587. The van der Waals surface area contributed by atoms with Crippen LogP contribution in [0.1, 0.15) is 0 Å². The molecule has 1 aromatic carbocycles. The maximum Gasteiger partial charge on any atom is 0.269 e. The highest BCUT2D eigenvalue weighted by Crippen LogP contribution is 2.22. The van der Waals surface area contributed by atoms with Crippen LogP contribution >= 0.6 is 11.3 Å². The van der Waals surface area contributed by atoms with Crippen molar-refractivity contribution in [3.05, 3.63) is 58.2 Å². The fourth-order valence-electron chi connectivity index (χ4n) is 1.68. The number of thiazole rings is 1. The molecule has 0 aliphatic rings. The average molecular weight is 299 g/mol. The van der Waals surface area contributed by atoms with Crippen molar-refractivity contribution in [2.45, 2.75) is 0 Å². The van der Waals surface area contributed by atoms with Crippen molar-refractivity contribution in [2.75, 3.05) is 5.32 Å². The van der Waals surface area contributed by atoms with Crippen molar-refractivity contribution in [1.82, 2.24) is 15.0 Å². The lowest BCUT2D eigenvalue weighted by Crippen LogP contribution is -1.98. The summed E-state index contributed by atoms with van der Waals surface area (Å²) in [6.45, 7) is 0. The average Bonchev–Trinajstić information content (AvgIpc) is 3.02. The van der Waals surface area contributed by atoms with Crippen molar-refractivity contribution in [3.8, 4) is 10.7 Å². The number of anilines is 2. The van der Waals surface area contributed by atoms with Crippen LogP contribution in [0, 0.1) is 10.1 Å². The second-order valence-electron chi connectivity index (χ2n) is 4.03. The van der Waals surface area contributed by atoms with Gasteiger partial charge in [0.25, 0.3) is 5.69 Å². The van der Waals surface area contributed by atoms with Gasteiger partial charge in [0.1, 0.15) is 10.7 Å². The van der Waals surface area contributed by atoms with Gasteiger partial charge in [-0.05, 0) is 18.2 Å². The monoisotopic (exact) mass is 299 g/mol. The molecule has 2 aromatic heterocycles. The molecule has 0 saturated carbocycles. The topological polar surface area (TPSA) is 93.8 Å². The van der Waals surface area contributed by atoms with E-state index in [9.17, 15) is 10.1 Å². The Morgan fingerprint density at radius 1 is 1.10 bits per heavy atom. The van der Waals surface area contributed by atoms with E-state index < -0.39 is 4.92 Å². The van der Waals surface area contributed by atoms with Gasteiger partial charge in [-0.3, -0.25) is 10.1 Å². The van der Waals surface area contributed by atoms with Gasteiger partial charge in [0, 0.05) is 35.6 Å². The van der Waals surface area contributed by atoms with Crippen LogP contribution in [0.25, 0.3) is 10.7 Å². The lowest BCUT2D eigenvalue weighted by atomic mass is 10.3. The van der Waals surface area contributed by atoms with E-state index in [1.165, 1.54) is 23.5 Å². The molecule has 0 unspecified atom stereocenters. The SMILES string of the molecule is O=[N+]([O-])c1ccc(Nc2nccc(-c3nccs3)n2)cc1. The third-order valence-electron chi connectivity index (χ3n) is 2.64. The van der Waals surface area contributed by atoms with Gasteiger partial charge in [-0.2, -0.15) is 0 Å². The normalized spacial score (nSPS) is 10.3. The summed E-state index contributed by atoms with van der Waals surface area (Å²) < 4.78 is 0. The summed E-state index contributed by atoms with van der Waals surface area (Å²) in [6, 6.07) is 7.84. The molecule has 0 amide bonds. The highest BCUT2D eigenvalue weighted by atomic mass is 32.1. The van der Waals surface area contributed by atoms with Crippen LogP contribution in [-0.4, -0.2) is 19.9 Å². The number of nitro benzene ring substituents is 1. The lowest BCUT2D eigenvalue weighted by molar-refractivity contribution is -0.384. The molecule has 0 bridgehead atoms.